The van der Waals surface area contributed by atoms with Crippen molar-refractivity contribution < 1.29 is 9.90 Å². The molecule has 36 heavy (non-hydrogen) atoms. The molecule has 188 valence electrons. The first kappa shape index (κ1) is 25.0. The Labute approximate surface area is 220 Å². The van der Waals surface area contributed by atoms with Crippen LogP contribution in [0.25, 0.3) is 21.5 Å². The van der Waals surface area contributed by atoms with Gasteiger partial charge in [-0.3, -0.25) is 4.79 Å². The predicted molar refractivity (Wildman–Crippen MR) is 148 cm³/mol. The molecule has 2 aromatic heterocycles. The van der Waals surface area contributed by atoms with Crippen molar-refractivity contribution in [2.75, 3.05) is 31.6 Å². The number of hydrogen-bond donors (Lipinski definition) is 2. The lowest BCUT2D eigenvalue weighted by atomic mass is 10.1. The molecule has 0 atom stereocenters. The first-order valence-electron chi connectivity index (χ1n) is 12.4. The number of fused-ring (bicyclic) bond motifs is 1. The second kappa shape index (κ2) is 10.7. The lowest BCUT2D eigenvalue weighted by Crippen LogP contribution is -2.24. The van der Waals surface area contributed by atoms with Gasteiger partial charge in [0, 0.05) is 59.0 Å². The van der Waals surface area contributed by atoms with Gasteiger partial charge in [0.25, 0.3) is 5.91 Å². The zero-order valence-corrected chi connectivity index (χ0v) is 22.3. The van der Waals surface area contributed by atoms with Gasteiger partial charge in [-0.05, 0) is 75.7 Å². The molecule has 4 aromatic rings. The molecule has 1 aliphatic rings. The highest BCUT2D eigenvalue weighted by atomic mass is 35.5. The molecular weight excluding hydrogens is 492 g/mol. The maximum absolute atomic E-state index is 13.3. The van der Waals surface area contributed by atoms with Crippen LogP contribution in [0.1, 0.15) is 39.5 Å². The summed E-state index contributed by atoms with van der Waals surface area (Å²) in [7, 11) is 0. The van der Waals surface area contributed by atoms with Crippen LogP contribution in [0.2, 0.25) is 5.02 Å². The third-order valence-corrected chi connectivity index (χ3v) is 8.48. The number of aryl methyl sites for hydroxylation is 1. The van der Waals surface area contributed by atoms with E-state index >= 15 is 0 Å². The van der Waals surface area contributed by atoms with E-state index in [2.05, 4.69) is 45.7 Å². The zero-order valence-electron chi connectivity index (χ0n) is 20.7. The summed E-state index contributed by atoms with van der Waals surface area (Å²) >= 11 is 7.35. The molecule has 8 heteroatoms. The zero-order chi connectivity index (χ0) is 25.2. The highest BCUT2D eigenvalue weighted by Crippen LogP contribution is 2.32. The van der Waals surface area contributed by atoms with Gasteiger partial charge in [-0.1, -0.05) is 23.7 Å². The van der Waals surface area contributed by atoms with E-state index in [-0.39, 0.29) is 12.5 Å². The number of anilines is 1. The number of carbonyl (C=O) groups is 1. The van der Waals surface area contributed by atoms with Gasteiger partial charge < -0.3 is 19.9 Å². The van der Waals surface area contributed by atoms with Crippen molar-refractivity contribution in [1.29, 1.82) is 0 Å². The van der Waals surface area contributed by atoms with Crippen LogP contribution in [0.4, 0.5) is 5.69 Å². The summed E-state index contributed by atoms with van der Waals surface area (Å²) in [6.45, 7) is 8.69. The number of benzene rings is 2. The Morgan fingerprint density at radius 1 is 1.11 bits per heavy atom. The quantitative estimate of drug-likeness (QED) is 0.301. The SMILES string of the molecule is Cc1c(C)n(CCN2CCCC2)c2ccc(NC(=O)c3sc(-c4ccc(Cl)cc4)nc3CCO)cc12. The van der Waals surface area contributed by atoms with Gasteiger partial charge in [-0.15, -0.1) is 11.3 Å². The summed E-state index contributed by atoms with van der Waals surface area (Å²) in [5, 5.41) is 15.1. The first-order chi connectivity index (χ1) is 17.4. The first-order valence-corrected chi connectivity index (χ1v) is 13.6. The van der Waals surface area contributed by atoms with Crippen LogP contribution in [0.5, 0.6) is 0 Å². The van der Waals surface area contributed by atoms with Gasteiger partial charge in [0.2, 0.25) is 0 Å². The van der Waals surface area contributed by atoms with Crippen LogP contribution in [0.15, 0.2) is 42.5 Å². The number of aromatic nitrogens is 2. The number of carbonyl (C=O) groups excluding carboxylic acids is 1. The highest BCUT2D eigenvalue weighted by molar-refractivity contribution is 7.17. The summed E-state index contributed by atoms with van der Waals surface area (Å²) in [5.74, 6) is -0.210. The number of thiazole rings is 1. The summed E-state index contributed by atoms with van der Waals surface area (Å²) < 4.78 is 2.40. The molecule has 0 bridgehead atoms. The van der Waals surface area contributed by atoms with Crippen molar-refractivity contribution in [3.63, 3.8) is 0 Å². The molecule has 6 nitrogen and oxygen atoms in total. The number of amides is 1. The molecule has 1 saturated heterocycles. The molecule has 5 rings (SSSR count). The molecule has 1 fully saturated rings. The number of likely N-dealkylation sites (tertiary alicyclic amines) is 1. The number of nitrogens with zero attached hydrogens (tertiary/aromatic N) is 3. The average molecular weight is 523 g/mol. The van der Waals surface area contributed by atoms with Crippen LogP contribution < -0.4 is 5.32 Å². The molecule has 0 radical (unpaired) electrons. The van der Waals surface area contributed by atoms with Gasteiger partial charge in [-0.25, -0.2) is 4.98 Å². The smallest absolute Gasteiger partial charge is 0.267 e. The second-order valence-electron chi connectivity index (χ2n) is 9.37. The predicted octanol–water partition coefficient (Wildman–Crippen LogP) is 5.92. The second-order valence-corrected chi connectivity index (χ2v) is 10.8. The maximum atomic E-state index is 13.3. The van der Waals surface area contributed by atoms with Gasteiger partial charge >= 0.3 is 0 Å². The molecule has 2 aromatic carbocycles. The third kappa shape index (κ3) is 5.06. The van der Waals surface area contributed by atoms with Crippen molar-refractivity contribution in [2.45, 2.75) is 39.7 Å². The molecule has 1 aliphatic heterocycles. The fourth-order valence-corrected chi connectivity index (χ4v) is 6.11. The van der Waals surface area contributed by atoms with E-state index in [1.807, 2.05) is 18.2 Å². The minimum atomic E-state index is -0.210. The number of aliphatic hydroxyl groups excluding tert-OH is 1. The van der Waals surface area contributed by atoms with Gasteiger partial charge in [0.1, 0.15) is 9.88 Å². The topological polar surface area (TPSA) is 70.4 Å². The molecule has 0 unspecified atom stereocenters. The van der Waals surface area contributed by atoms with E-state index in [0.717, 1.165) is 34.7 Å². The molecule has 2 N–H and O–H groups in total. The number of halogens is 1. The van der Waals surface area contributed by atoms with E-state index in [1.165, 1.54) is 54.0 Å². The number of hydrogen-bond acceptors (Lipinski definition) is 5. The number of nitrogens with one attached hydrogen (secondary N) is 1. The Morgan fingerprint density at radius 3 is 2.58 bits per heavy atom. The lowest BCUT2D eigenvalue weighted by Gasteiger charge is -2.16. The molecule has 1 amide bonds. The van der Waals surface area contributed by atoms with E-state index < -0.39 is 0 Å². The fraction of sp³-hybridized carbons (Fsp3) is 0.357. The number of aliphatic hydroxyl groups is 1. The van der Waals surface area contributed by atoms with E-state index in [9.17, 15) is 9.90 Å². The van der Waals surface area contributed by atoms with Crippen molar-refractivity contribution in [1.82, 2.24) is 14.5 Å². The van der Waals surface area contributed by atoms with E-state index in [1.54, 1.807) is 12.1 Å². The highest BCUT2D eigenvalue weighted by Gasteiger charge is 2.20. The van der Waals surface area contributed by atoms with Crippen LogP contribution in [0, 0.1) is 13.8 Å². The standard InChI is InChI=1S/C28H31ClN4O2S/c1-18-19(2)33(15-14-32-12-3-4-13-32)25-10-9-22(17-23(18)25)30-27(35)26-24(11-16-34)31-28(36-26)20-5-7-21(29)8-6-20/h5-10,17,34H,3-4,11-16H2,1-2H3,(H,30,35). The van der Waals surface area contributed by atoms with Crippen LogP contribution in [0.3, 0.4) is 0 Å². The molecular formula is C28H31ClN4O2S. The van der Waals surface area contributed by atoms with Gasteiger partial charge in [0.15, 0.2) is 0 Å². The normalized spacial score (nSPS) is 14.1. The summed E-state index contributed by atoms with van der Waals surface area (Å²) in [6, 6.07) is 13.5. The lowest BCUT2D eigenvalue weighted by molar-refractivity contribution is 0.102. The van der Waals surface area contributed by atoms with Crippen LogP contribution >= 0.6 is 22.9 Å². The van der Waals surface area contributed by atoms with Gasteiger partial charge in [0.05, 0.1) is 5.69 Å². The van der Waals surface area contributed by atoms with Crippen molar-refractivity contribution >= 4 is 45.4 Å². The minimum Gasteiger partial charge on any atom is -0.396 e. The fourth-order valence-electron chi connectivity index (χ4n) is 4.97. The monoisotopic (exact) mass is 522 g/mol. The summed E-state index contributed by atoms with van der Waals surface area (Å²) in [4.78, 5) is 21.0. The van der Waals surface area contributed by atoms with Gasteiger partial charge in [-0.2, -0.15) is 0 Å². The Bertz CT molecular complexity index is 1390. The van der Waals surface area contributed by atoms with Crippen LogP contribution in [-0.4, -0.2) is 51.7 Å². The van der Waals surface area contributed by atoms with Crippen molar-refractivity contribution in [3.8, 4) is 10.6 Å². The van der Waals surface area contributed by atoms with Crippen LogP contribution in [-0.2, 0) is 13.0 Å². The molecule has 0 spiro atoms. The van der Waals surface area contributed by atoms with E-state index in [4.69, 9.17) is 11.6 Å². The maximum Gasteiger partial charge on any atom is 0.267 e. The summed E-state index contributed by atoms with van der Waals surface area (Å²) in [5.41, 5.74) is 5.96. The Hall–Kier alpha value is -2.71. The van der Waals surface area contributed by atoms with E-state index in [0.29, 0.717) is 22.0 Å². The molecule has 0 aliphatic carbocycles. The third-order valence-electron chi connectivity index (χ3n) is 7.08. The Balaban J connectivity index is 1.39. The number of rotatable bonds is 8. The van der Waals surface area contributed by atoms with Crippen molar-refractivity contribution in [2.24, 2.45) is 0 Å². The Kier molecular flexibility index (Phi) is 7.44. The minimum absolute atomic E-state index is 0.0700. The summed E-state index contributed by atoms with van der Waals surface area (Å²) in [6.07, 6.45) is 2.92. The molecule has 0 saturated carbocycles. The largest absolute Gasteiger partial charge is 0.396 e. The molecule has 3 heterocycles. The Morgan fingerprint density at radius 2 is 1.86 bits per heavy atom. The average Bonchev–Trinajstić information content (AvgIpc) is 3.59. The van der Waals surface area contributed by atoms with Crippen molar-refractivity contribution in [3.05, 3.63) is 69.3 Å².